The molecule has 0 radical (unpaired) electrons. The van der Waals surface area contributed by atoms with E-state index in [4.69, 9.17) is 0 Å². The van der Waals surface area contributed by atoms with E-state index in [1.54, 1.807) is 67.1 Å². The predicted molar refractivity (Wildman–Crippen MR) is 131 cm³/mol. The van der Waals surface area contributed by atoms with Crippen molar-refractivity contribution >= 4 is 5.78 Å². The number of hydrogen-bond donors (Lipinski definition) is 2. The largest absolute Gasteiger partial charge is 0.383 e. The van der Waals surface area contributed by atoms with Gasteiger partial charge in [0.25, 0.3) is 0 Å². The van der Waals surface area contributed by atoms with Crippen LogP contribution in [0.15, 0.2) is 97.5 Å². The Morgan fingerprint density at radius 1 is 0.800 bits per heavy atom. The lowest BCUT2D eigenvalue weighted by Gasteiger charge is -2.50. The minimum atomic E-state index is -1.77. The van der Waals surface area contributed by atoms with Crippen LogP contribution in [0.1, 0.15) is 51.8 Å². The lowest BCUT2D eigenvalue weighted by atomic mass is 9.57. The molecule has 176 valence electrons. The summed E-state index contributed by atoms with van der Waals surface area (Å²) in [5, 5.41) is 24.5. The summed E-state index contributed by atoms with van der Waals surface area (Å²) in [5.74, 6) is -1.72. The monoisotopic (exact) mass is 465 g/mol. The van der Waals surface area contributed by atoms with Gasteiger partial charge in [0.2, 0.25) is 0 Å². The highest BCUT2D eigenvalue weighted by molar-refractivity contribution is 5.97. The van der Waals surface area contributed by atoms with Crippen molar-refractivity contribution in [3.63, 3.8) is 0 Å². The number of rotatable bonds is 5. The Morgan fingerprint density at radius 3 is 2.00 bits per heavy atom. The molecule has 3 heterocycles. The van der Waals surface area contributed by atoms with Crippen molar-refractivity contribution in [1.29, 1.82) is 0 Å². The fourth-order valence-corrected chi connectivity index (χ4v) is 5.50. The number of hydrogen-bond acceptors (Lipinski definition) is 6. The van der Waals surface area contributed by atoms with Crippen LogP contribution in [0.2, 0.25) is 0 Å². The SMILES string of the molecule is Cc1ccccc1[C@H]1C[C@@](O)(c2ccccn2)C[C@@](O)(c2ccccn2)[C@@H]1C(=O)c1ccccn1. The van der Waals surface area contributed by atoms with Crippen LogP contribution in [-0.4, -0.2) is 30.9 Å². The molecule has 4 aromatic rings. The van der Waals surface area contributed by atoms with Crippen molar-refractivity contribution in [2.45, 2.75) is 36.9 Å². The highest BCUT2D eigenvalue weighted by Crippen LogP contribution is 2.56. The van der Waals surface area contributed by atoms with Crippen molar-refractivity contribution in [2.24, 2.45) is 5.92 Å². The van der Waals surface area contributed by atoms with E-state index in [2.05, 4.69) is 15.0 Å². The number of carbonyl (C=O) groups excluding carboxylic acids is 1. The molecule has 0 amide bonds. The first-order valence-electron chi connectivity index (χ1n) is 11.7. The summed E-state index contributed by atoms with van der Waals surface area (Å²) in [6, 6.07) is 23.6. The van der Waals surface area contributed by atoms with E-state index in [9.17, 15) is 15.0 Å². The molecule has 2 N–H and O–H groups in total. The van der Waals surface area contributed by atoms with Crippen molar-refractivity contribution in [3.05, 3.63) is 126 Å². The van der Waals surface area contributed by atoms with E-state index in [-0.39, 0.29) is 24.3 Å². The molecule has 0 bridgehead atoms. The van der Waals surface area contributed by atoms with Crippen LogP contribution in [-0.2, 0) is 11.2 Å². The zero-order chi connectivity index (χ0) is 24.5. The Balaban J connectivity index is 1.75. The zero-order valence-electron chi connectivity index (χ0n) is 19.5. The van der Waals surface area contributed by atoms with Crippen LogP contribution in [0.25, 0.3) is 0 Å². The first-order valence-corrected chi connectivity index (χ1v) is 11.7. The maximum absolute atomic E-state index is 14.1. The maximum Gasteiger partial charge on any atom is 0.188 e. The molecular weight excluding hydrogens is 438 g/mol. The molecule has 3 aromatic heterocycles. The van der Waals surface area contributed by atoms with Crippen molar-refractivity contribution in [1.82, 2.24) is 15.0 Å². The van der Waals surface area contributed by atoms with Crippen molar-refractivity contribution in [3.8, 4) is 0 Å². The number of nitrogens with zero attached hydrogens (tertiary/aromatic N) is 3. The van der Waals surface area contributed by atoms with E-state index in [1.165, 1.54) is 0 Å². The molecule has 35 heavy (non-hydrogen) atoms. The fraction of sp³-hybridized carbons (Fsp3) is 0.241. The van der Waals surface area contributed by atoms with E-state index in [1.807, 2.05) is 37.3 Å². The van der Waals surface area contributed by atoms with Gasteiger partial charge in [-0.25, -0.2) is 0 Å². The molecule has 0 saturated heterocycles. The van der Waals surface area contributed by atoms with Gasteiger partial charge in [-0.1, -0.05) is 42.5 Å². The van der Waals surface area contributed by atoms with Gasteiger partial charge in [0.15, 0.2) is 5.78 Å². The second-order valence-electron chi connectivity index (χ2n) is 9.29. The molecule has 6 nitrogen and oxygen atoms in total. The number of benzene rings is 1. The Bertz CT molecular complexity index is 1320. The van der Waals surface area contributed by atoms with Gasteiger partial charge in [-0.3, -0.25) is 19.7 Å². The van der Waals surface area contributed by atoms with Crippen LogP contribution < -0.4 is 0 Å². The van der Waals surface area contributed by atoms with Gasteiger partial charge in [-0.15, -0.1) is 0 Å². The minimum Gasteiger partial charge on any atom is -0.383 e. The van der Waals surface area contributed by atoms with Crippen LogP contribution >= 0.6 is 0 Å². The van der Waals surface area contributed by atoms with Gasteiger partial charge in [0.05, 0.1) is 17.3 Å². The second kappa shape index (κ2) is 9.13. The summed E-state index contributed by atoms with van der Waals surface area (Å²) >= 11 is 0. The Hall–Kier alpha value is -3.74. The smallest absolute Gasteiger partial charge is 0.188 e. The predicted octanol–water partition coefficient (Wildman–Crippen LogP) is 4.33. The standard InChI is InChI=1S/C29H27N3O3/c1-20-10-2-3-11-21(20)22-18-28(34,24-13-5-8-16-31-24)19-29(35,25-14-6-9-17-32-25)26(22)27(33)23-12-4-7-15-30-23/h2-17,22,26,34-35H,18-19H2,1H3/t22-,26+,28+,29-/m1/s1. The average Bonchev–Trinajstić information content (AvgIpc) is 2.90. The van der Waals surface area contributed by atoms with Crippen LogP contribution in [0.3, 0.4) is 0 Å². The van der Waals surface area contributed by atoms with Crippen LogP contribution in [0.4, 0.5) is 0 Å². The maximum atomic E-state index is 14.1. The third-order valence-corrected chi connectivity index (χ3v) is 7.07. The quantitative estimate of drug-likeness (QED) is 0.426. The fourth-order valence-electron chi connectivity index (χ4n) is 5.50. The lowest BCUT2D eigenvalue weighted by Crippen LogP contribution is -2.54. The molecule has 5 rings (SSSR count). The van der Waals surface area contributed by atoms with Gasteiger partial charge in [0, 0.05) is 30.9 Å². The summed E-state index contributed by atoms with van der Waals surface area (Å²) < 4.78 is 0. The molecule has 0 spiro atoms. The number of pyridine rings is 3. The van der Waals surface area contributed by atoms with Crippen LogP contribution in [0, 0.1) is 12.8 Å². The van der Waals surface area contributed by atoms with Crippen molar-refractivity contribution in [2.75, 3.05) is 0 Å². The Labute approximate surface area is 204 Å². The topological polar surface area (TPSA) is 96.2 Å². The third kappa shape index (κ3) is 4.16. The summed E-state index contributed by atoms with van der Waals surface area (Å²) in [5.41, 5.74) is -0.322. The molecular formula is C29H27N3O3. The Kier molecular flexibility index (Phi) is 6.01. The van der Waals surface area contributed by atoms with E-state index in [0.717, 1.165) is 11.1 Å². The molecule has 1 aromatic carbocycles. The van der Waals surface area contributed by atoms with E-state index in [0.29, 0.717) is 11.4 Å². The van der Waals surface area contributed by atoms with Crippen molar-refractivity contribution < 1.29 is 15.0 Å². The highest BCUT2D eigenvalue weighted by Gasteiger charge is 2.59. The summed E-state index contributed by atoms with van der Waals surface area (Å²) in [6.07, 6.45) is 4.88. The number of Topliss-reactive ketones (excluding diaryl/α,β-unsaturated/α-hetero) is 1. The lowest BCUT2D eigenvalue weighted by molar-refractivity contribution is -0.144. The molecule has 1 saturated carbocycles. The van der Waals surface area contributed by atoms with Gasteiger partial charge in [-0.05, 0) is 60.9 Å². The first-order chi connectivity index (χ1) is 16.9. The summed E-state index contributed by atoms with van der Waals surface area (Å²) in [6.45, 7) is 1.98. The molecule has 0 aliphatic heterocycles. The first kappa shape index (κ1) is 23.0. The molecule has 6 heteroatoms. The molecule has 0 unspecified atom stereocenters. The average molecular weight is 466 g/mol. The summed E-state index contributed by atoms with van der Waals surface area (Å²) in [7, 11) is 0. The minimum absolute atomic E-state index is 0.125. The van der Waals surface area contributed by atoms with E-state index < -0.39 is 23.0 Å². The highest BCUT2D eigenvalue weighted by atomic mass is 16.3. The normalized spacial score (nSPS) is 26.3. The van der Waals surface area contributed by atoms with Gasteiger partial charge in [0.1, 0.15) is 16.9 Å². The zero-order valence-corrected chi connectivity index (χ0v) is 19.5. The van der Waals surface area contributed by atoms with Gasteiger partial charge in [-0.2, -0.15) is 0 Å². The third-order valence-electron chi connectivity index (χ3n) is 7.07. The number of aryl methyl sites for hydroxylation is 1. The number of aromatic nitrogens is 3. The van der Waals surface area contributed by atoms with E-state index >= 15 is 0 Å². The molecule has 4 atom stereocenters. The van der Waals surface area contributed by atoms with Crippen LogP contribution in [0.5, 0.6) is 0 Å². The molecule has 1 aliphatic rings. The van der Waals surface area contributed by atoms with Gasteiger partial charge < -0.3 is 10.2 Å². The Morgan fingerprint density at radius 2 is 1.40 bits per heavy atom. The number of aliphatic hydroxyl groups is 2. The summed E-state index contributed by atoms with van der Waals surface area (Å²) in [4.78, 5) is 27.3. The second-order valence-corrected chi connectivity index (χ2v) is 9.29. The number of carbonyl (C=O) groups is 1. The molecule has 1 fully saturated rings. The number of ketones is 1. The van der Waals surface area contributed by atoms with Gasteiger partial charge >= 0.3 is 0 Å². The molecule has 1 aliphatic carbocycles.